The van der Waals surface area contributed by atoms with Crippen molar-refractivity contribution in [3.8, 4) is 0 Å². The lowest BCUT2D eigenvalue weighted by atomic mass is 9.99. The molecule has 2 N–H and O–H groups in total. The van der Waals surface area contributed by atoms with E-state index in [0.717, 1.165) is 32.5 Å². The quantitative estimate of drug-likeness (QED) is 0.336. The van der Waals surface area contributed by atoms with Crippen LogP contribution in [0.4, 0.5) is 0 Å². The molecule has 1 fully saturated rings. The predicted molar refractivity (Wildman–Crippen MR) is 104 cm³/mol. The zero-order chi connectivity index (χ0) is 23.7. The van der Waals surface area contributed by atoms with E-state index in [-0.39, 0.29) is 12.4 Å². The highest BCUT2D eigenvalue weighted by Crippen LogP contribution is 2.34. The van der Waals surface area contributed by atoms with Crippen LogP contribution in [0.5, 0.6) is 0 Å². The number of ether oxygens (including phenoxy) is 6. The van der Waals surface area contributed by atoms with E-state index >= 15 is 0 Å². The second kappa shape index (κ2) is 12.5. The number of carbonyl (C=O) groups excluding carboxylic acids is 5. The summed E-state index contributed by atoms with van der Waals surface area (Å²) in [6, 6.07) is -1.01. The smallest absolute Gasteiger partial charge is 0.323 e. The average Bonchev–Trinajstić information content (AvgIpc) is 2.66. The van der Waals surface area contributed by atoms with Crippen molar-refractivity contribution in [3.05, 3.63) is 0 Å². The maximum atomic E-state index is 11.7. The molecule has 0 aromatic heterocycles. The molecule has 0 aliphatic carbocycles. The maximum Gasteiger partial charge on any atom is 0.323 e. The Labute approximate surface area is 183 Å². The molecule has 1 saturated heterocycles. The van der Waals surface area contributed by atoms with E-state index in [2.05, 4.69) is 4.74 Å². The van der Waals surface area contributed by atoms with Gasteiger partial charge in [-0.25, -0.2) is 0 Å². The summed E-state index contributed by atoms with van der Waals surface area (Å²) in [5.41, 5.74) is 4.75. The molecule has 13 heteroatoms. The number of carbonyl (C=O) groups is 5. The molecule has 31 heavy (non-hydrogen) atoms. The first kappa shape index (κ1) is 26.7. The molecular formula is C18H27NO11S. The first-order valence-electron chi connectivity index (χ1n) is 9.21. The van der Waals surface area contributed by atoms with Crippen LogP contribution in [0.25, 0.3) is 0 Å². The van der Waals surface area contributed by atoms with Crippen molar-refractivity contribution in [1.82, 2.24) is 0 Å². The van der Waals surface area contributed by atoms with Gasteiger partial charge in [-0.1, -0.05) is 0 Å². The molecule has 0 unspecified atom stereocenters. The first-order valence-corrected chi connectivity index (χ1v) is 10.3. The van der Waals surface area contributed by atoms with Crippen molar-refractivity contribution < 1.29 is 52.4 Å². The number of methoxy groups -OCH3 is 1. The number of thioether (sulfide) groups is 1. The summed E-state index contributed by atoms with van der Waals surface area (Å²) in [5.74, 6) is -3.46. The topological polar surface area (TPSA) is 167 Å². The second-order valence-electron chi connectivity index (χ2n) is 6.53. The maximum absolute atomic E-state index is 11.7. The van der Waals surface area contributed by atoms with Gasteiger partial charge in [0.05, 0.1) is 7.11 Å². The van der Waals surface area contributed by atoms with Gasteiger partial charge in [-0.3, -0.25) is 24.0 Å². The minimum Gasteiger partial charge on any atom is -0.468 e. The zero-order valence-corrected chi connectivity index (χ0v) is 18.7. The average molecular weight is 465 g/mol. The summed E-state index contributed by atoms with van der Waals surface area (Å²) >= 11 is 0.991. The van der Waals surface area contributed by atoms with Crippen LogP contribution in [0.3, 0.4) is 0 Å². The SMILES string of the molecule is COC(=O)[C@@H](N)CS[C@H]1O[C@H](COC(C)=O)[C@@H](OC(C)=O)[C@H](OC(C)=O)[C@H]1OC(C)=O. The van der Waals surface area contributed by atoms with Crippen LogP contribution in [0.1, 0.15) is 27.7 Å². The minimum atomic E-state index is -1.27. The molecule has 0 aromatic rings. The van der Waals surface area contributed by atoms with Crippen molar-refractivity contribution in [2.45, 2.75) is 63.6 Å². The Bertz CT molecular complexity index is 685. The summed E-state index contributed by atoms with van der Waals surface area (Å²) in [6.07, 6.45) is -4.78. The van der Waals surface area contributed by atoms with Crippen molar-refractivity contribution in [2.24, 2.45) is 5.73 Å². The largest absolute Gasteiger partial charge is 0.468 e. The van der Waals surface area contributed by atoms with Gasteiger partial charge >= 0.3 is 29.8 Å². The predicted octanol–water partition coefficient (Wildman–Crippen LogP) is -0.697. The normalized spacial score (nSPS) is 26.2. The second-order valence-corrected chi connectivity index (χ2v) is 7.66. The van der Waals surface area contributed by atoms with Gasteiger partial charge in [-0.05, 0) is 0 Å². The summed E-state index contributed by atoms with van der Waals surface area (Å²) in [7, 11) is 1.18. The van der Waals surface area contributed by atoms with Crippen molar-refractivity contribution in [2.75, 3.05) is 19.5 Å². The number of rotatable bonds is 9. The Hall–Kier alpha value is -2.38. The molecule has 0 amide bonds. The van der Waals surface area contributed by atoms with Crippen LogP contribution in [-0.2, 0) is 52.4 Å². The Morgan fingerprint density at radius 2 is 1.39 bits per heavy atom. The van der Waals surface area contributed by atoms with Gasteiger partial charge in [0.25, 0.3) is 0 Å². The lowest BCUT2D eigenvalue weighted by Crippen LogP contribution is -2.61. The molecular weight excluding hydrogens is 438 g/mol. The molecule has 0 spiro atoms. The highest BCUT2D eigenvalue weighted by molar-refractivity contribution is 7.99. The van der Waals surface area contributed by atoms with Gasteiger partial charge < -0.3 is 34.2 Å². The van der Waals surface area contributed by atoms with Crippen molar-refractivity contribution >= 4 is 41.6 Å². The highest BCUT2D eigenvalue weighted by Gasteiger charge is 2.52. The third kappa shape index (κ3) is 8.71. The molecule has 1 aliphatic rings. The fraction of sp³-hybridized carbons (Fsp3) is 0.722. The number of esters is 5. The van der Waals surface area contributed by atoms with E-state index in [9.17, 15) is 24.0 Å². The Morgan fingerprint density at radius 1 is 0.871 bits per heavy atom. The van der Waals surface area contributed by atoms with Gasteiger partial charge in [-0.15, -0.1) is 11.8 Å². The number of hydrogen-bond donors (Lipinski definition) is 1. The van der Waals surface area contributed by atoms with Crippen LogP contribution in [0.2, 0.25) is 0 Å². The molecule has 176 valence electrons. The molecule has 6 atom stereocenters. The lowest BCUT2D eigenvalue weighted by Gasteiger charge is -2.44. The molecule has 0 radical (unpaired) electrons. The summed E-state index contributed by atoms with van der Waals surface area (Å²) in [4.78, 5) is 58.0. The molecule has 1 rings (SSSR count). The van der Waals surface area contributed by atoms with Crippen LogP contribution in [0.15, 0.2) is 0 Å². The van der Waals surface area contributed by atoms with Gasteiger partial charge in [0.1, 0.15) is 24.2 Å². The van der Waals surface area contributed by atoms with Crippen LogP contribution in [-0.4, -0.2) is 85.2 Å². The molecule has 1 heterocycles. The Morgan fingerprint density at radius 3 is 1.87 bits per heavy atom. The molecule has 0 aromatic carbocycles. The molecule has 0 bridgehead atoms. The summed E-state index contributed by atoms with van der Waals surface area (Å²) in [5, 5.41) is 0. The van der Waals surface area contributed by atoms with Crippen molar-refractivity contribution in [3.63, 3.8) is 0 Å². The van der Waals surface area contributed by atoms with Crippen molar-refractivity contribution in [1.29, 1.82) is 0 Å². The van der Waals surface area contributed by atoms with Crippen LogP contribution < -0.4 is 5.73 Å². The standard InChI is InChI=1S/C18H27NO11S/c1-8(20)26-6-13-14(27-9(2)21)15(28-10(3)22)16(29-11(4)23)18(30-13)31-7-12(19)17(24)25-5/h12-16,18H,6-7,19H2,1-5H3/t12-,13+,14+,15-,16+,18+/m0/s1. The fourth-order valence-electron chi connectivity index (χ4n) is 2.74. The molecule has 0 saturated carbocycles. The van der Waals surface area contributed by atoms with E-state index < -0.39 is 65.7 Å². The van der Waals surface area contributed by atoms with Gasteiger partial charge in [0.2, 0.25) is 0 Å². The van der Waals surface area contributed by atoms with E-state index in [0.29, 0.717) is 0 Å². The fourth-order valence-corrected chi connectivity index (χ4v) is 3.90. The van der Waals surface area contributed by atoms with E-state index in [1.54, 1.807) is 0 Å². The Balaban J connectivity index is 3.25. The number of hydrogen-bond acceptors (Lipinski definition) is 13. The Kier molecular flexibility index (Phi) is 10.7. The summed E-state index contributed by atoms with van der Waals surface area (Å²) < 4.78 is 31.3. The van der Waals surface area contributed by atoms with E-state index in [1.807, 2.05) is 0 Å². The van der Waals surface area contributed by atoms with Crippen LogP contribution in [0, 0.1) is 0 Å². The monoisotopic (exact) mass is 465 g/mol. The third-order valence-corrected chi connectivity index (χ3v) is 5.15. The van der Waals surface area contributed by atoms with Gasteiger partial charge in [-0.2, -0.15) is 0 Å². The highest BCUT2D eigenvalue weighted by atomic mass is 32.2. The number of nitrogens with two attached hydrogens (primary N) is 1. The zero-order valence-electron chi connectivity index (χ0n) is 17.9. The summed E-state index contributed by atoms with van der Waals surface area (Å²) in [6.45, 7) is 4.24. The molecule has 12 nitrogen and oxygen atoms in total. The van der Waals surface area contributed by atoms with Gasteiger partial charge in [0, 0.05) is 33.4 Å². The van der Waals surface area contributed by atoms with Crippen LogP contribution >= 0.6 is 11.8 Å². The van der Waals surface area contributed by atoms with E-state index in [4.69, 9.17) is 29.4 Å². The lowest BCUT2D eigenvalue weighted by molar-refractivity contribution is -0.237. The first-order chi connectivity index (χ1) is 14.5. The van der Waals surface area contributed by atoms with Gasteiger partial charge in [0.15, 0.2) is 18.3 Å². The molecule has 1 aliphatic heterocycles. The van der Waals surface area contributed by atoms with E-state index in [1.165, 1.54) is 14.0 Å². The minimum absolute atomic E-state index is 0.000411. The third-order valence-electron chi connectivity index (χ3n) is 3.89.